The van der Waals surface area contributed by atoms with Gasteiger partial charge in [-0.05, 0) is 24.6 Å². The Morgan fingerprint density at radius 2 is 2.19 bits per heavy atom. The molecule has 0 N–H and O–H groups in total. The molecule has 0 unspecified atom stereocenters. The second kappa shape index (κ2) is 4.71. The van der Waals surface area contributed by atoms with Crippen LogP contribution in [0, 0.1) is 0 Å². The molecule has 0 amide bonds. The molecule has 88 valence electrons. The van der Waals surface area contributed by atoms with Gasteiger partial charge in [-0.2, -0.15) is 4.31 Å². The number of hydrogen-bond acceptors (Lipinski definition) is 3. The van der Waals surface area contributed by atoms with E-state index in [1.54, 1.807) is 12.1 Å². The molecule has 6 heteroatoms. The summed E-state index contributed by atoms with van der Waals surface area (Å²) in [5, 5.41) is 0.416. The lowest BCUT2D eigenvalue weighted by atomic mass is 10.4. The van der Waals surface area contributed by atoms with E-state index in [-0.39, 0.29) is 11.6 Å². The van der Waals surface area contributed by atoms with Crippen LogP contribution >= 0.6 is 11.6 Å². The number of ether oxygens (including phenoxy) is 1. The smallest absolute Gasteiger partial charge is 0.245 e. The normalized spacial score (nSPS) is 18.6. The first-order valence-electron chi connectivity index (χ1n) is 4.94. The molecule has 0 atom stereocenters. The first-order valence-corrected chi connectivity index (χ1v) is 6.76. The summed E-state index contributed by atoms with van der Waals surface area (Å²) in [6, 6.07) is 6.26. The van der Waals surface area contributed by atoms with Crippen molar-refractivity contribution in [3.63, 3.8) is 0 Å². The number of rotatable bonds is 2. The summed E-state index contributed by atoms with van der Waals surface area (Å²) in [6.07, 6.45) is 0.722. The van der Waals surface area contributed by atoms with E-state index in [0.29, 0.717) is 18.2 Å². The third-order valence-electron chi connectivity index (χ3n) is 2.37. The van der Waals surface area contributed by atoms with E-state index in [4.69, 9.17) is 16.3 Å². The number of halogens is 1. The highest BCUT2D eigenvalue weighted by Crippen LogP contribution is 2.20. The van der Waals surface area contributed by atoms with Crippen molar-refractivity contribution < 1.29 is 13.2 Å². The van der Waals surface area contributed by atoms with Gasteiger partial charge in [-0.3, -0.25) is 0 Å². The van der Waals surface area contributed by atoms with Crippen molar-refractivity contribution >= 4 is 21.6 Å². The lowest BCUT2D eigenvalue weighted by Gasteiger charge is -2.25. The Bertz CT molecular complexity index is 469. The fourth-order valence-corrected chi connectivity index (χ4v) is 3.20. The first-order chi connectivity index (χ1) is 7.60. The summed E-state index contributed by atoms with van der Waals surface area (Å²) in [4.78, 5) is 0.213. The number of hydrogen-bond donors (Lipinski definition) is 0. The van der Waals surface area contributed by atoms with Crippen molar-refractivity contribution in [1.82, 2.24) is 4.31 Å². The lowest BCUT2D eigenvalue weighted by molar-refractivity contribution is 0.0313. The second-order valence-corrected chi connectivity index (χ2v) is 5.90. The summed E-state index contributed by atoms with van der Waals surface area (Å²) >= 11 is 5.78. The molecule has 0 bridgehead atoms. The first kappa shape index (κ1) is 11.9. The standard InChI is InChI=1S/C10H12ClNO3S/c11-9-3-1-4-10(7-9)16(13,14)12-5-2-6-15-8-12/h1,3-4,7H,2,5-6,8H2. The molecule has 0 spiro atoms. The van der Waals surface area contributed by atoms with E-state index >= 15 is 0 Å². The van der Waals surface area contributed by atoms with Gasteiger partial charge >= 0.3 is 0 Å². The summed E-state index contributed by atoms with van der Waals surface area (Å²) in [7, 11) is -3.46. The van der Waals surface area contributed by atoms with Crippen LogP contribution in [0.4, 0.5) is 0 Å². The van der Waals surface area contributed by atoms with Crippen LogP contribution in [-0.2, 0) is 14.8 Å². The van der Waals surface area contributed by atoms with Gasteiger partial charge in [-0.15, -0.1) is 0 Å². The molecule has 1 saturated heterocycles. The second-order valence-electron chi connectivity index (χ2n) is 3.53. The topological polar surface area (TPSA) is 46.6 Å². The zero-order chi connectivity index (χ0) is 11.6. The van der Waals surface area contributed by atoms with Crippen LogP contribution in [0.3, 0.4) is 0 Å². The van der Waals surface area contributed by atoms with Crippen LogP contribution < -0.4 is 0 Å². The number of benzene rings is 1. The Morgan fingerprint density at radius 1 is 1.38 bits per heavy atom. The fourth-order valence-electron chi connectivity index (χ4n) is 1.54. The molecule has 2 rings (SSSR count). The molecule has 1 fully saturated rings. The molecule has 1 heterocycles. The SMILES string of the molecule is O=S(=O)(c1cccc(Cl)c1)N1CCCOC1. The van der Waals surface area contributed by atoms with Crippen LogP contribution in [0.25, 0.3) is 0 Å². The van der Waals surface area contributed by atoms with Crippen molar-refractivity contribution in [2.45, 2.75) is 11.3 Å². The molecule has 0 aromatic heterocycles. The Balaban J connectivity index is 2.30. The van der Waals surface area contributed by atoms with E-state index in [2.05, 4.69) is 0 Å². The Kier molecular flexibility index (Phi) is 3.49. The highest BCUT2D eigenvalue weighted by Gasteiger charge is 2.26. The Morgan fingerprint density at radius 3 is 2.81 bits per heavy atom. The summed E-state index contributed by atoms with van der Waals surface area (Å²) in [6.45, 7) is 1.23. The van der Waals surface area contributed by atoms with Crippen molar-refractivity contribution in [2.75, 3.05) is 19.9 Å². The minimum Gasteiger partial charge on any atom is -0.365 e. The third kappa shape index (κ3) is 2.38. The zero-order valence-electron chi connectivity index (χ0n) is 8.60. The third-order valence-corrected chi connectivity index (χ3v) is 4.42. The summed E-state index contributed by atoms with van der Waals surface area (Å²) in [5.41, 5.74) is 0. The molecule has 1 aromatic rings. The van der Waals surface area contributed by atoms with E-state index in [9.17, 15) is 8.42 Å². The Hall–Kier alpha value is -0.620. The van der Waals surface area contributed by atoms with E-state index in [1.807, 2.05) is 0 Å². The van der Waals surface area contributed by atoms with Gasteiger partial charge in [0.1, 0.15) is 6.73 Å². The molecule has 1 aromatic carbocycles. The largest absolute Gasteiger partial charge is 0.365 e. The molecular weight excluding hydrogens is 250 g/mol. The van der Waals surface area contributed by atoms with Crippen LogP contribution in [0.5, 0.6) is 0 Å². The lowest BCUT2D eigenvalue weighted by Crippen LogP contribution is -2.38. The average molecular weight is 262 g/mol. The highest BCUT2D eigenvalue weighted by molar-refractivity contribution is 7.89. The zero-order valence-corrected chi connectivity index (χ0v) is 10.2. The van der Waals surface area contributed by atoms with Crippen molar-refractivity contribution in [3.05, 3.63) is 29.3 Å². The predicted octanol–water partition coefficient (Wildman–Crippen LogP) is 1.71. The molecular formula is C10H12ClNO3S. The van der Waals surface area contributed by atoms with Crippen LogP contribution in [0.15, 0.2) is 29.2 Å². The maximum Gasteiger partial charge on any atom is 0.245 e. The molecule has 0 saturated carbocycles. The summed E-state index contributed by atoms with van der Waals surface area (Å²) < 4.78 is 30.7. The van der Waals surface area contributed by atoms with Crippen molar-refractivity contribution in [1.29, 1.82) is 0 Å². The number of sulfonamides is 1. The van der Waals surface area contributed by atoms with Crippen LogP contribution in [-0.4, -0.2) is 32.6 Å². The van der Waals surface area contributed by atoms with Crippen LogP contribution in [0.2, 0.25) is 5.02 Å². The van der Waals surface area contributed by atoms with E-state index in [1.165, 1.54) is 16.4 Å². The molecule has 4 nitrogen and oxygen atoms in total. The molecule has 16 heavy (non-hydrogen) atoms. The molecule has 1 aliphatic rings. The van der Waals surface area contributed by atoms with Gasteiger partial charge < -0.3 is 4.74 Å². The Labute approximate surface area is 99.8 Å². The predicted molar refractivity (Wildman–Crippen MR) is 60.8 cm³/mol. The maximum absolute atomic E-state index is 12.1. The van der Waals surface area contributed by atoms with E-state index in [0.717, 1.165) is 6.42 Å². The van der Waals surface area contributed by atoms with Gasteiger partial charge in [0.15, 0.2) is 0 Å². The molecule has 0 radical (unpaired) electrons. The van der Waals surface area contributed by atoms with E-state index < -0.39 is 10.0 Å². The van der Waals surface area contributed by atoms with Gasteiger partial charge in [0.25, 0.3) is 0 Å². The minimum absolute atomic E-state index is 0.120. The fraction of sp³-hybridized carbons (Fsp3) is 0.400. The maximum atomic E-state index is 12.1. The monoisotopic (exact) mass is 261 g/mol. The van der Waals surface area contributed by atoms with Crippen molar-refractivity contribution in [2.24, 2.45) is 0 Å². The quantitative estimate of drug-likeness (QED) is 0.814. The van der Waals surface area contributed by atoms with Crippen molar-refractivity contribution in [3.8, 4) is 0 Å². The van der Waals surface area contributed by atoms with Gasteiger partial charge in [0, 0.05) is 18.2 Å². The van der Waals surface area contributed by atoms with Gasteiger partial charge in [0.05, 0.1) is 4.90 Å². The minimum atomic E-state index is -3.46. The average Bonchev–Trinajstić information content (AvgIpc) is 2.30. The number of nitrogens with zero attached hydrogens (tertiary/aromatic N) is 1. The van der Waals surface area contributed by atoms with Gasteiger partial charge in [0.2, 0.25) is 10.0 Å². The van der Waals surface area contributed by atoms with Crippen LogP contribution in [0.1, 0.15) is 6.42 Å². The highest BCUT2D eigenvalue weighted by atomic mass is 35.5. The molecule has 0 aliphatic carbocycles. The summed E-state index contributed by atoms with van der Waals surface area (Å²) in [5.74, 6) is 0. The van der Waals surface area contributed by atoms with Gasteiger partial charge in [-0.25, -0.2) is 8.42 Å². The van der Waals surface area contributed by atoms with Gasteiger partial charge in [-0.1, -0.05) is 17.7 Å². The molecule has 1 aliphatic heterocycles.